The zero-order valence-electron chi connectivity index (χ0n) is 17.8. The first-order valence-electron chi connectivity index (χ1n) is 10.1. The predicted molar refractivity (Wildman–Crippen MR) is 122 cm³/mol. The van der Waals surface area contributed by atoms with Crippen LogP contribution >= 0.6 is 0 Å². The number of sulfonamides is 1. The third-order valence-electron chi connectivity index (χ3n) is 4.93. The maximum atomic E-state index is 13.8. The van der Waals surface area contributed by atoms with Gasteiger partial charge in [0.1, 0.15) is 11.6 Å². The van der Waals surface area contributed by atoms with Gasteiger partial charge in [-0.3, -0.25) is 9.52 Å². The summed E-state index contributed by atoms with van der Waals surface area (Å²) in [5.41, 5.74) is 1.17. The summed E-state index contributed by atoms with van der Waals surface area (Å²) in [5, 5.41) is 2.89. The molecule has 2 N–H and O–H groups in total. The van der Waals surface area contributed by atoms with Crippen LogP contribution in [0.25, 0.3) is 0 Å². The molecule has 3 aromatic carbocycles. The van der Waals surface area contributed by atoms with E-state index in [2.05, 4.69) is 10.0 Å². The second kappa shape index (κ2) is 10.3. The number of carbonyl (C=O) groups is 1. The van der Waals surface area contributed by atoms with Crippen LogP contribution in [0.4, 0.5) is 10.1 Å². The van der Waals surface area contributed by atoms with E-state index in [0.717, 1.165) is 23.8 Å². The normalized spacial score (nSPS) is 12.1. The van der Waals surface area contributed by atoms with Gasteiger partial charge in [0.15, 0.2) is 0 Å². The quantitative estimate of drug-likeness (QED) is 0.500. The van der Waals surface area contributed by atoms with Crippen LogP contribution in [0.2, 0.25) is 0 Å². The lowest BCUT2D eigenvalue weighted by Gasteiger charge is -2.15. The largest absolute Gasteiger partial charge is 0.497 e. The average molecular weight is 457 g/mol. The fraction of sp³-hybridized carbons (Fsp3) is 0.208. The van der Waals surface area contributed by atoms with Gasteiger partial charge in [-0.15, -0.1) is 0 Å². The number of aryl methyl sites for hydroxylation is 1. The number of halogens is 1. The molecule has 3 aromatic rings. The first-order valence-corrected chi connectivity index (χ1v) is 11.6. The molecule has 0 aromatic heterocycles. The Kier molecular flexibility index (Phi) is 7.48. The summed E-state index contributed by atoms with van der Waals surface area (Å²) >= 11 is 0. The number of hydrogen-bond acceptors (Lipinski definition) is 4. The second-order valence-electron chi connectivity index (χ2n) is 7.37. The monoisotopic (exact) mass is 456 g/mol. The molecule has 0 aliphatic heterocycles. The van der Waals surface area contributed by atoms with Crippen LogP contribution in [0.15, 0.2) is 77.7 Å². The fourth-order valence-electron chi connectivity index (χ4n) is 3.11. The van der Waals surface area contributed by atoms with Gasteiger partial charge in [0.05, 0.1) is 17.7 Å². The van der Waals surface area contributed by atoms with Crippen LogP contribution in [0.5, 0.6) is 5.75 Å². The van der Waals surface area contributed by atoms with E-state index >= 15 is 0 Å². The molecule has 32 heavy (non-hydrogen) atoms. The van der Waals surface area contributed by atoms with Crippen LogP contribution in [-0.4, -0.2) is 27.5 Å². The molecule has 0 bridgehead atoms. The molecular formula is C24H25FN2O4S. The van der Waals surface area contributed by atoms with E-state index < -0.39 is 15.8 Å². The van der Waals surface area contributed by atoms with Gasteiger partial charge in [-0.05, 0) is 67.8 Å². The molecule has 1 atom stereocenters. The highest BCUT2D eigenvalue weighted by Gasteiger charge is 2.18. The molecule has 0 aliphatic rings. The van der Waals surface area contributed by atoms with E-state index in [0.29, 0.717) is 6.42 Å². The fourth-order valence-corrected chi connectivity index (χ4v) is 4.22. The smallest absolute Gasteiger partial charge is 0.262 e. The molecule has 0 saturated carbocycles. The van der Waals surface area contributed by atoms with Crippen LogP contribution in [0.1, 0.15) is 29.3 Å². The molecule has 6 nitrogen and oxygen atoms in total. The maximum absolute atomic E-state index is 13.8. The summed E-state index contributed by atoms with van der Waals surface area (Å²) in [6, 6.07) is 18.7. The molecule has 0 heterocycles. The molecule has 0 fully saturated rings. The summed E-state index contributed by atoms with van der Waals surface area (Å²) in [7, 11) is -2.44. The van der Waals surface area contributed by atoms with Crippen molar-refractivity contribution in [3.63, 3.8) is 0 Å². The minimum absolute atomic E-state index is 0.124. The molecule has 3 rings (SSSR count). The summed E-state index contributed by atoms with van der Waals surface area (Å²) < 4.78 is 46.5. The molecule has 168 valence electrons. The number of ether oxygens (including phenoxy) is 1. The van der Waals surface area contributed by atoms with Crippen molar-refractivity contribution in [2.24, 2.45) is 0 Å². The van der Waals surface area contributed by atoms with Crippen molar-refractivity contribution in [1.82, 2.24) is 5.32 Å². The van der Waals surface area contributed by atoms with E-state index in [1.165, 1.54) is 42.5 Å². The van der Waals surface area contributed by atoms with E-state index in [-0.39, 0.29) is 28.1 Å². The topological polar surface area (TPSA) is 84.5 Å². The van der Waals surface area contributed by atoms with Crippen LogP contribution in [-0.2, 0) is 16.4 Å². The molecule has 1 unspecified atom stereocenters. The number of carbonyl (C=O) groups excluding carboxylic acids is 1. The lowest BCUT2D eigenvalue weighted by molar-refractivity contribution is 0.0938. The number of hydrogen-bond donors (Lipinski definition) is 2. The van der Waals surface area contributed by atoms with Crippen molar-refractivity contribution in [3.05, 3.63) is 89.7 Å². The molecule has 8 heteroatoms. The molecule has 0 saturated heterocycles. The number of nitrogens with one attached hydrogen (secondary N) is 2. The number of amides is 1. The lowest BCUT2D eigenvalue weighted by Crippen LogP contribution is -2.33. The Labute approximate surface area is 187 Å². The summed E-state index contributed by atoms with van der Waals surface area (Å²) in [5.74, 6) is -0.278. The van der Waals surface area contributed by atoms with E-state index in [1.807, 2.05) is 31.2 Å². The second-order valence-corrected chi connectivity index (χ2v) is 9.06. The number of para-hydroxylation sites is 1. The Morgan fingerprint density at radius 2 is 1.75 bits per heavy atom. The van der Waals surface area contributed by atoms with Gasteiger partial charge in [0.2, 0.25) is 0 Å². The first-order chi connectivity index (χ1) is 15.3. The first kappa shape index (κ1) is 23.3. The highest BCUT2D eigenvalue weighted by atomic mass is 32.2. The van der Waals surface area contributed by atoms with Crippen molar-refractivity contribution >= 4 is 21.6 Å². The van der Waals surface area contributed by atoms with Gasteiger partial charge in [-0.1, -0.05) is 30.3 Å². The Morgan fingerprint density at radius 1 is 1.03 bits per heavy atom. The molecule has 1 amide bonds. The Bertz CT molecular complexity index is 1180. The van der Waals surface area contributed by atoms with E-state index in [9.17, 15) is 17.6 Å². The lowest BCUT2D eigenvalue weighted by atomic mass is 10.1. The van der Waals surface area contributed by atoms with Gasteiger partial charge >= 0.3 is 0 Å². The number of benzene rings is 3. The molecule has 0 spiro atoms. The standard InChI is InChI=1S/C24H25FN2O4S/c1-17(10-11-18-12-14-20(31-2)15-13-18)26-24(28)19-6-5-7-21(16-19)32(29,30)27-23-9-4-3-8-22(23)25/h3-9,12-17,27H,10-11H2,1-2H3,(H,26,28). The Balaban J connectivity index is 1.63. The zero-order chi connectivity index (χ0) is 23.1. The van der Waals surface area contributed by atoms with Crippen molar-refractivity contribution in [2.75, 3.05) is 11.8 Å². The minimum atomic E-state index is -4.05. The van der Waals surface area contributed by atoms with Crippen molar-refractivity contribution < 1.29 is 22.3 Å². The van der Waals surface area contributed by atoms with E-state index in [1.54, 1.807) is 7.11 Å². The van der Waals surface area contributed by atoms with Crippen LogP contribution in [0.3, 0.4) is 0 Å². The highest BCUT2D eigenvalue weighted by Crippen LogP contribution is 2.20. The highest BCUT2D eigenvalue weighted by molar-refractivity contribution is 7.92. The van der Waals surface area contributed by atoms with Gasteiger partial charge in [-0.2, -0.15) is 0 Å². The third-order valence-corrected chi connectivity index (χ3v) is 6.29. The zero-order valence-corrected chi connectivity index (χ0v) is 18.7. The molecule has 0 radical (unpaired) electrons. The Morgan fingerprint density at radius 3 is 2.44 bits per heavy atom. The number of methoxy groups -OCH3 is 1. The van der Waals surface area contributed by atoms with Gasteiger partial charge in [-0.25, -0.2) is 12.8 Å². The average Bonchev–Trinajstić information content (AvgIpc) is 2.79. The van der Waals surface area contributed by atoms with Crippen molar-refractivity contribution in [1.29, 1.82) is 0 Å². The summed E-state index contributed by atoms with van der Waals surface area (Å²) in [6.45, 7) is 1.89. The number of anilines is 1. The van der Waals surface area contributed by atoms with E-state index in [4.69, 9.17) is 4.74 Å². The minimum Gasteiger partial charge on any atom is -0.497 e. The van der Waals surface area contributed by atoms with Gasteiger partial charge in [0.25, 0.3) is 15.9 Å². The summed E-state index contributed by atoms with van der Waals surface area (Å²) in [4.78, 5) is 12.5. The summed E-state index contributed by atoms with van der Waals surface area (Å²) in [6.07, 6.45) is 1.48. The van der Waals surface area contributed by atoms with Crippen LogP contribution in [0, 0.1) is 5.82 Å². The SMILES string of the molecule is COc1ccc(CCC(C)NC(=O)c2cccc(S(=O)(=O)Nc3ccccc3F)c2)cc1. The van der Waals surface area contributed by atoms with Crippen LogP contribution < -0.4 is 14.8 Å². The maximum Gasteiger partial charge on any atom is 0.262 e. The van der Waals surface area contributed by atoms with Crippen molar-refractivity contribution in [3.8, 4) is 5.75 Å². The van der Waals surface area contributed by atoms with Gasteiger partial charge < -0.3 is 10.1 Å². The predicted octanol–water partition coefficient (Wildman–Crippen LogP) is 4.39. The van der Waals surface area contributed by atoms with Gasteiger partial charge in [0, 0.05) is 11.6 Å². The Hall–Kier alpha value is -3.39. The van der Waals surface area contributed by atoms with Crippen molar-refractivity contribution in [2.45, 2.75) is 30.7 Å². The third kappa shape index (κ3) is 6.07. The molecular weight excluding hydrogens is 431 g/mol. The molecule has 0 aliphatic carbocycles. The number of rotatable bonds is 9.